The molecule has 0 spiro atoms. The van der Waals surface area contributed by atoms with E-state index in [-0.39, 0.29) is 18.5 Å². The molecule has 1 aromatic rings. The average Bonchev–Trinajstić information content (AvgIpc) is 2.68. The smallest absolute Gasteiger partial charge is 0.336 e. The zero-order valence-corrected chi connectivity index (χ0v) is 16.5. The number of amides is 1. The number of nitrogens with one attached hydrogen (secondary N) is 1. The second kappa shape index (κ2) is 12.0. The summed E-state index contributed by atoms with van der Waals surface area (Å²) < 4.78 is 0. The van der Waals surface area contributed by atoms with Gasteiger partial charge in [-0.15, -0.1) is 0 Å². The SMILES string of the molecule is N#CCC(=O)N1CCCCC1Nc1ccncn1.O=C(O)CC(O)(CC(=O)O)C(=O)O. The van der Waals surface area contributed by atoms with Crippen molar-refractivity contribution in [1.82, 2.24) is 14.9 Å². The highest BCUT2D eigenvalue weighted by molar-refractivity contribution is 5.88. The maximum Gasteiger partial charge on any atom is 0.336 e. The summed E-state index contributed by atoms with van der Waals surface area (Å²) in [6.07, 6.45) is 3.62. The molecule has 31 heavy (non-hydrogen) atoms. The number of nitriles is 1. The molecule has 1 unspecified atom stereocenters. The maximum atomic E-state index is 11.8. The van der Waals surface area contributed by atoms with Gasteiger partial charge in [-0.1, -0.05) is 0 Å². The molecule has 1 aromatic heterocycles. The molecular weight excluding hydrogens is 414 g/mol. The Morgan fingerprint density at radius 1 is 1.19 bits per heavy atom. The summed E-state index contributed by atoms with van der Waals surface area (Å²) in [6, 6.07) is 3.67. The van der Waals surface area contributed by atoms with E-state index >= 15 is 0 Å². The van der Waals surface area contributed by atoms with Crippen molar-refractivity contribution in [2.45, 2.75) is 50.3 Å². The Balaban J connectivity index is 0.000000330. The second-order valence-electron chi connectivity index (χ2n) is 6.65. The first-order chi connectivity index (χ1) is 14.6. The second-order valence-corrected chi connectivity index (χ2v) is 6.65. The molecule has 0 radical (unpaired) electrons. The molecule has 168 valence electrons. The fraction of sp³-hybridized carbons (Fsp3) is 0.500. The first-order valence-electron chi connectivity index (χ1n) is 9.17. The van der Waals surface area contributed by atoms with Crippen molar-refractivity contribution in [3.8, 4) is 6.07 Å². The Kier molecular flexibility index (Phi) is 9.80. The molecule has 1 atom stereocenters. The Morgan fingerprint density at radius 2 is 1.84 bits per heavy atom. The Hall–Kier alpha value is -3.79. The first-order valence-corrected chi connectivity index (χ1v) is 9.17. The van der Waals surface area contributed by atoms with Crippen LogP contribution in [0.4, 0.5) is 5.82 Å². The molecular formula is C18H23N5O8. The van der Waals surface area contributed by atoms with Gasteiger partial charge >= 0.3 is 17.9 Å². The van der Waals surface area contributed by atoms with E-state index in [1.54, 1.807) is 17.2 Å². The summed E-state index contributed by atoms with van der Waals surface area (Å²) in [7, 11) is 0. The third-order valence-corrected chi connectivity index (χ3v) is 4.24. The Bertz CT molecular complexity index is 810. The molecule has 2 heterocycles. The minimum atomic E-state index is -2.74. The summed E-state index contributed by atoms with van der Waals surface area (Å²) in [5, 5.41) is 45.6. The molecule has 1 fully saturated rings. The summed E-state index contributed by atoms with van der Waals surface area (Å²) >= 11 is 0. The van der Waals surface area contributed by atoms with E-state index in [1.807, 2.05) is 6.07 Å². The van der Waals surface area contributed by atoms with Crippen molar-refractivity contribution in [1.29, 1.82) is 5.26 Å². The van der Waals surface area contributed by atoms with Crippen molar-refractivity contribution in [3.63, 3.8) is 0 Å². The van der Waals surface area contributed by atoms with Crippen LogP contribution in [0, 0.1) is 11.3 Å². The van der Waals surface area contributed by atoms with E-state index < -0.39 is 36.4 Å². The van der Waals surface area contributed by atoms with E-state index in [2.05, 4.69) is 15.3 Å². The van der Waals surface area contributed by atoms with Crippen LogP contribution in [0.1, 0.15) is 38.5 Å². The number of hydrogen-bond donors (Lipinski definition) is 5. The van der Waals surface area contributed by atoms with Crippen molar-refractivity contribution in [3.05, 3.63) is 18.6 Å². The Labute approximate surface area is 177 Å². The lowest BCUT2D eigenvalue weighted by Gasteiger charge is -2.36. The molecule has 0 saturated carbocycles. The fourth-order valence-corrected chi connectivity index (χ4v) is 2.81. The number of piperidine rings is 1. The zero-order valence-electron chi connectivity index (χ0n) is 16.5. The number of likely N-dealkylation sites (tertiary alicyclic amines) is 1. The van der Waals surface area contributed by atoms with Crippen LogP contribution in [-0.2, 0) is 19.2 Å². The number of nitrogens with zero attached hydrogens (tertiary/aromatic N) is 4. The Morgan fingerprint density at radius 3 is 2.32 bits per heavy atom. The molecule has 0 aliphatic carbocycles. The minimum absolute atomic E-state index is 0.0675. The molecule has 13 heteroatoms. The standard InChI is InChI=1S/C12H15N5O.C6H8O7/c13-6-4-12(18)17-8-2-1-3-11(17)16-10-5-7-14-9-15-10;7-3(8)1-6(13,5(11)12)2-4(9)10/h5,7,9,11H,1-4,8H2,(H,14,15,16);13H,1-2H2,(H,7,8)(H,9,10)(H,11,12). The van der Waals surface area contributed by atoms with Crippen molar-refractivity contribution in [2.24, 2.45) is 0 Å². The van der Waals surface area contributed by atoms with E-state index in [4.69, 9.17) is 25.7 Å². The van der Waals surface area contributed by atoms with Crippen LogP contribution < -0.4 is 5.32 Å². The van der Waals surface area contributed by atoms with Gasteiger partial charge in [0.05, 0.1) is 18.9 Å². The molecule has 1 aliphatic rings. The molecule has 5 N–H and O–H groups in total. The molecule has 1 amide bonds. The van der Waals surface area contributed by atoms with Gasteiger partial charge in [-0.25, -0.2) is 14.8 Å². The molecule has 1 aliphatic heterocycles. The fourth-order valence-electron chi connectivity index (χ4n) is 2.81. The summed E-state index contributed by atoms with van der Waals surface area (Å²) in [5.41, 5.74) is -2.74. The van der Waals surface area contributed by atoms with Gasteiger partial charge in [0.15, 0.2) is 5.60 Å². The van der Waals surface area contributed by atoms with Gasteiger partial charge in [0, 0.05) is 12.7 Å². The number of aromatic nitrogens is 2. The quantitative estimate of drug-likeness (QED) is 0.360. The summed E-state index contributed by atoms with van der Waals surface area (Å²) in [4.78, 5) is 52.0. The highest BCUT2D eigenvalue weighted by Crippen LogP contribution is 2.19. The predicted molar refractivity (Wildman–Crippen MR) is 102 cm³/mol. The summed E-state index contributed by atoms with van der Waals surface area (Å²) in [5.74, 6) is -4.44. The third kappa shape index (κ3) is 8.62. The molecule has 2 rings (SSSR count). The van der Waals surface area contributed by atoms with E-state index in [0.717, 1.165) is 19.3 Å². The topological polar surface area (TPSA) is 214 Å². The number of carboxylic acid groups (broad SMARTS) is 3. The van der Waals surface area contributed by atoms with Crippen LogP contribution in [-0.4, -0.2) is 77.4 Å². The highest BCUT2D eigenvalue weighted by Gasteiger charge is 2.40. The maximum absolute atomic E-state index is 11.8. The molecule has 1 saturated heterocycles. The van der Waals surface area contributed by atoms with E-state index in [0.29, 0.717) is 12.4 Å². The van der Waals surface area contributed by atoms with Gasteiger partial charge in [-0.3, -0.25) is 14.4 Å². The normalized spacial score (nSPS) is 15.6. The third-order valence-electron chi connectivity index (χ3n) is 4.24. The van der Waals surface area contributed by atoms with Crippen LogP contribution in [0.15, 0.2) is 18.6 Å². The van der Waals surface area contributed by atoms with Crippen LogP contribution in [0.25, 0.3) is 0 Å². The van der Waals surface area contributed by atoms with Crippen LogP contribution >= 0.6 is 0 Å². The zero-order chi connectivity index (χ0) is 23.4. The number of rotatable bonds is 8. The number of carbonyl (C=O) groups is 4. The van der Waals surface area contributed by atoms with Crippen molar-refractivity contribution in [2.75, 3.05) is 11.9 Å². The molecule has 0 aromatic carbocycles. The van der Waals surface area contributed by atoms with Gasteiger partial charge in [-0.05, 0) is 25.3 Å². The lowest BCUT2D eigenvalue weighted by Crippen LogP contribution is -2.47. The van der Waals surface area contributed by atoms with Crippen LogP contribution in [0.5, 0.6) is 0 Å². The predicted octanol–water partition coefficient (Wildman–Crippen LogP) is -0.108. The lowest BCUT2D eigenvalue weighted by molar-refractivity contribution is -0.170. The molecule has 13 nitrogen and oxygen atoms in total. The van der Waals surface area contributed by atoms with Gasteiger partial charge < -0.3 is 30.6 Å². The van der Waals surface area contributed by atoms with Crippen molar-refractivity contribution < 1.29 is 39.6 Å². The van der Waals surface area contributed by atoms with Gasteiger partial charge in [0.25, 0.3) is 0 Å². The average molecular weight is 437 g/mol. The van der Waals surface area contributed by atoms with Gasteiger partial charge in [0.2, 0.25) is 5.91 Å². The lowest BCUT2D eigenvalue weighted by atomic mass is 9.96. The number of carbonyl (C=O) groups excluding carboxylic acids is 1. The highest BCUT2D eigenvalue weighted by atomic mass is 16.4. The van der Waals surface area contributed by atoms with Crippen LogP contribution in [0.3, 0.4) is 0 Å². The van der Waals surface area contributed by atoms with E-state index in [9.17, 15) is 19.2 Å². The van der Waals surface area contributed by atoms with Crippen molar-refractivity contribution >= 4 is 29.6 Å². The van der Waals surface area contributed by atoms with Gasteiger partial charge in [-0.2, -0.15) is 5.26 Å². The number of aliphatic hydroxyl groups is 1. The monoisotopic (exact) mass is 437 g/mol. The number of aliphatic carboxylic acids is 3. The van der Waals surface area contributed by atoms with Crippen LogP contribution in [0.2, 0.25) is 0 Å². The first kappa shape index (κ1) is 25.2. The minimum Gasteiger partial charge on any atom is -0.481 e. The number of anilines is 1. The number of hydrogen-bond acceptors (Lipinski definition) is 9. The molecule has 0 bridgehead atoms. The van der Waals surface area contributed by atoms with Gasteiger partial charge in [0.1, 0.15) is 24.7 Å². The van der Waals surface area contributed by atoms with E-state index in [1.165, 1.54) is 6.33 Å². The summed E-state index contributed by atoms with van der Waals surface area (Å²) in [6.45, 7) is 0.698. The number of carboxylic acids is 3. The largest absolute Gasteiger partial charge is 0.481 e.